The van der Waals surface area contributed by atoms with E-state index in [1.54, 1.807) is 0 Å². The van der Waals surface area contributed by atoms with Crippen LogP contribution in [0.3, 0.4) is 0 Å². The third-order valence-corrected chi connectivity index (χ3v) is 1.62. The summed E-state index contributed by atoms with van der Waals surface area (Å²) in [6.45, 7) is 0.531. The van der Waals surface area contributed by atoms with Crippen molar-refractivity contribution in [3.8, 4) is 0 Å². The molecule has 0 aromatic rings. The van der Waals surface area contributed by atoms with Crippen LogP contribution in [0.4, 0.5) is 4.48 Å². The van der Waals surface area contributed by atoms with E-state index in [4.69, 9.17) is 5.73 Å². The molecule has 0 rings (SSSR count). The fraction of sp³-hybridized carbons (Fsp3) is 0.714. The van der Waals surface area contributed by atoms with Gasteiger partial charge < -0.3 is 5.73 Å². The lowest BCUT2D eigenvalue weighted by Gasteiger charge is -2.07. The van der Waals surface area contributed by atoms with Gasteiger partial charge in [0.05, 0.1) is 5.16 Å². The Balaban J connectivity index is 3.87. The van der Waals surface area contributed by atoms with Crippen LogP contribution in [0.1, 0.15) is 19.3 Å². The molecule has 0 aliphatic rings. The molecule has 1 atom stereocenters. The fourth-order valence-electron chi connectivity index (χ4n) is 0.840. The average molecular weight is 205 g/mol. The second kappa shape index (κ2) is 7.94. The number of carbonyl (C=O) groups excluding carboxylic acids is 1. The first-order valence-corrected chi connectivity index (χ1v) is 4.35. The summed E-state index contributed by atoms with van der Waals surface area (Å²) in [5, 5.41) is 1.90. The van der Waals surface area contributed by atoms with Crippen molar-refractivity contribution in [2.45, 2.75) is 25.3 Å². The van der Waals surface area contributed by atoms with Gasteiger partial charge >= 0.3 is 0 Å². The number of hydrogen-bond acceptors (Lipinski definition) is 4. The van der Waals surface area contributed by atoms with Crippen LogP contribution in [-0.2, 0) is 4.79 Å². The van der Waals surface area contributed by atoms with Crippen molar-refractivity contribution in [2.24, 2.45) is 10.7 Å². The Morgan fingerprint density at radius 1 is 1.69 bits per heavy atom. The minimum atomic E-state index is -0.915. The number of aliphatic imine (C=N–C) groups is 1. The zero-order valence-electron chi connectivity index (χ0n) is 7.12. The number of nitrogens with one attached hydrogen (secondary N) is 1. The van der Waals surface area contributed by atoms with Gasteiger partial charge in [0.1, 0.15) is 6.04 Å². The second-order valence-corrected chi connectivity index (χ2v) is 2.67. The van der Waals surface area contributed by atoms with Crippen molar-refractivity contribution >= 4 is 23.3 Å². The quantitative estimate of drug-likeness (QED) is 0.288. The Hall–Kier alpha value is -0.680. The number of halogens is 1. The van der Waals surface area contributed by atoms with Crippen LogP contribution in [0.25, 0.3) is 0 Å². The highest BCUT2D eigenvalue weighted by Gasteiger charge is 2.16. The summed E-state index contributed by atoms with van der Waals surface area (Å²) in [4.78, 5) is 14.1. The predicted molar refractivity (Wildman–Crippen MR) is 51.0 cm³/mol. The minimum Gasteiger partial charge on any atom is -0.330 e. The van der Waals surface area contributed by atoms with Crippen LogP contribution >= 0.6 is 12.2 Å². The Labute approximate surface area is 81.3 Å². The molecule has 0 aliphatic heterocycles. The van der Waals surface area contributed by atoms with Gasteiger partial charge in [0.2, 0.25) is 0 Å². The van der Waals surface area contributed by atoms with Crippen molar-refractivity contribution in [1.82, 2.24) is 5.54 Å². The van der Waals surface area contributed by atoms with Gasteiger partial charge in [0.15, 0.2) is 0 Å². The molecule has 74 valence electrons. The highest BCUT2D eigenvalue weighted by Crippen LogP contribution is 2.02. The molecule has 0 radical (unpaired) electrons. The number of amides is 1. The standard InChI is InChI=1S/C7H12FN3OS/c8-11-6(3-1-2-4-9)7(12)10-5-13/h6,11H,1-4,9H2/t6-/m0/s1. The van der Waals surface area contributed by atoms with Gasteiger partial charge in [0.25, 0.3) is 5.91 Å². The molecule has 0 fully saturated rings. The maximum Gasteiger partial charge on any atom is 0.274 e. The van der Waals surface area contributed by atoms with Gasteiger partial charge in [0, 0.05) is 0 Å². The summed E-state index contributed by atoms with van der Waals surface area (Å²) in [7, 11) is 0. The number of nitrogens with zero attached hydrogens (tertiary/aromatic N) is 1. The summed E-state index contributed by atoms with van der Waals surface area (Å²) < 4.78 is 12.0. The third-order valence-electron chi connectivity index (χ3n) is 1.53. The number of thiocarbonyl (C=S) groups is 1. The molecule has 0 saturated heterocycles. The molecule has 1 amide bonds. The monoisotopic (exact) mass is 205 g/mol. The molecular formula is C7H12FN3OS. The van der Waals surface area contributed by atoms with Gasteiger partial charge in [-0.25, -0.2) is 0 Å². The fourth-order valence-corrected chi connectivity index (χ4v) is 0.930. The van der Waals surface area contributed by atoms with E-state index in [2.05, 4.69) is 17.2 Å². The lowest BCUT2D eigenvalue weighted by atomic mass is 10.1. The van der Waals surface area contributed by atoms with Crippen LogP contribution < -0.4 is 11.3 Å². The van der Waals surface area contributed by atoms with Gasteiger partial charge in [-0.3, -0.25) is 4.79 Å². The van der Waals surface area contributed by atoms with Crippen LogP contribution in [-0.4, -0.2) is 23.7 Å². The molecule has 0 heterocycles. The van der Waals surface area contributed by atoms with E-state index in [1.807, 2.05) is 5.16 Å². The van der Waals surface area contributed by atoms with E-state index in [9.17, 15) is 9.28 Å². The Morgan fingerprint density at radius 3 is 2.85 bits per heavy atom. The third kappa shape index (κ3) is 5.54. The topological polar surface area (TPSA) is 67.5 Å². The molecule has 3 N–H and O–H groups in total. The van der Waals surface area contributed by atoms with Crippen molar-refractivity contribution in [3.63, 3.8) is 0 Å². The molecule has 4 nitrogen and oxygen atoms in total. The van der Waals surface area contributed by atoms with Crippen LogP contribution in [0.15, 0.2) is 4.99 Å². The van der Waals surface area contributed by atoms with Gasteiger partial charge in [-0.05, 0) is 31.6 Å². The Bertz CT molecular complexity index is 206. The normalized spacial score (nSPS) is 11.8. The van der Waals surface area contributed by atoms with E-state index >= 15 is 0 Å². The number of nitrogens with two attached hydrogens (primary N) is 1. The van der Waals surface area contributed by atoms with E-state index in [-0.39, 0.29) is 0 Å². The maximum atomic E-state index is 12.0. The van der Waals surface area contributed by atoms with Gasteiger partial charge in [-0.2, -0.15) is 4.99 Å². The highest BCUT2D eigenvalue weighted by molar-refractivity contribution is 7.78. The summed E-state index contributed by atoms with van der Waals surface area (Å²) in [6, 6.07) is -0.915. The SMILES string of the molecule is NCCCC[C@H](NF)C(=O)N=C=S. The van der Waals surface area contributed by atoms with Gasteiger partial charge in [-0.1, -0.05) is 6.42 Å². The number of unbranched alkanes of at least 4 members (excludes halogenated alkanes) is 1. The lowest BCUT2D eigenvalue weighted by Crippen LogP contribution is -2.30. The largest absolute Gasteiger partial charge is 0.330 e. The van der Waals surface area contributed by atoms with Crippen molar-refractivity contribution in [1.29, 1.82) is 0 Å². The van der Waals surface area contributed by atoms with E-state index in [1.165, 1.54) is 5.54 Å². The molecular weight excluding hydrogens is 193 g/mol. The molecule has 0 bridgehead atoms. The van der Waals surface area contributed by atoms with Gasteiger partial charge in [-0.15, -0.1) is 10.0 Å². The smallest absolute Gasteiger partial charge is 0.274 e. The second-order valence-electron chi connectivity index (χ2n) is 2.49. The van der Waals surface area contributed by atoms with E-state index < -0.39 is 11.9 Å². The molecule has 0 aromatic carbocycles. The maximum absolute atomic E-state index is 12.0. The van der Waals surface area contributed by atoms with Crippen LogP contribution in [0.2, 0.25) is 0 Å². The molecule has 0 saturated carbocycles. The van der Waals surface area contributed by atoms with Crippen LogP contribution in [0, 0.1) is 0 Å². The molecule has 6 heteroatoms. The zero-order valence-corrected chi connectivity index (χ0v) is 7.94. The lowest BCUT2D eigenvalue weighted by molar-refractivity contribution is -0.121. The van der Waals surface area contributed by atoms with Crippen LogP contribution in [0.5, 0.6) is 0 Å². The molecule has 0 unspecified atom stereocenters. The molecule has 0 spiro atoms. The molecule has 13 heavy (non-hydrogen) atoms. The first-order chi connectivity index (χ1) is 6.26. The summed E-state index contributed by atoms with van der Waals surface area (Å²) >= 11 is 4.22. The summed E-state index contributed by atoms with van der Waals surface area (Å²) in [5.74, 6) is -0.630. The summed E-state index contributed by atoms with van der Waals surface area (Å²) in [5.41, 5.74) is 6.61. The highest BCUT2D eigenvalue weighted by atomic mass is 32.1. The predicted octanol–water partition coefficient (Wildman–Crippen LogP) is 0.587. The Morgan fingerprint density at radius 2 is 2.38 bits per heavy atom. The van der Waals surface area contributed by atoms with E-state index in [0.717, 1.165) is 6.42 Å². The number of carbonyl (C=O) groups is 1. The number of hydrogen-bond donors (Lipinski definition) is 2. The van der Waals surface area contributed by atoms with E-state index in [0.29, 0.717) is 19.4 Å². The molecule has 0 aliphatic carbocycles. The summed E-state index contributed by atoms with van der Waals surface area (Å²) in [6.07, 6.45) is 1.80. The minimum absolute atomic E-state index is 0.368. The number of isothiocyanates is 1. The average Bonchev–Trinajstić information content (AvgIpc) is 2.13. The Kier molecular flexibility index (Phi) is 7.53. The first kappa shape index (κ1) is 12.3. The van der Waals surface area contributed by atoms with Crippen molar-refractivity contribution in [3.05, 3.63) is 0 Å². The molecule has 0 aromatic heterocycles. The van der Waals surface area contributed by atoms with Crippen molar-refractivity contribution < 1.29 is 9.28 Å². The van der Waals surface area contributed by atoms with Crippen molar-refractivity contribution in [2.75, 3.05) is 6.54 Å². The number of rotatable bonds is 6. The first-order valence-electron chi connectivity index (χ1n) is 3.94. The zero-order chi connectivity index (χ0) is 10.1.